The zero-order valence-corrected chi connectivity index (χ0v) is 22.4. The second-order valence-electron chi connectivity index (χ2n) is 10.5. The lowest BCUT2D eigenvalue weighted by atomic mass is 9.97. The number of aromatic nitrogens is 1. The Labute approximate surface area is 228 Å². The van der Waals surface area contributed by atoms with Crippen molar-refractivity contribution < 1.29 is 14.4 Å². The first kappa shape index (κ1) is 26.4. The Kier molecular flexibility index (Phi) is 7.60. The summed E-state index contributed by atoms with van der Waals surface area (Å²) >= 11 is 0. The van der Waals surface area contributed by atoms with E-state index < -0.39 is 0 Å². The fourth-order valence-corrected chi connectivity index (χ4v) is 5.21. The molecule has 9 heteroatoms. The van der Waals surface area contributed by atoms with Crippen molar-refractivity contribution in [3.05, 3.63) is 77.5 Å². The molecule has 2 aliphatic heterocycles. The number of carbonyl (C=O) groups excluding carboxylic acids is 3. The number of carbonyl (C=O) groups is 3. The molecule has 2 aromatic carbocycles. The van der Waals surface area contributed by atoms with Crippen molar-refractivity contribution >= 4 is 29.2 Å². The quantitative estimate of drug-likeness (QED) is 0.511. The van der Waals surface area contributed by atoms with Crippen LogP contribution in [0.5, 0.6) is 0 Å². The van der Waals surface area contributed by atoms with Crippen molar-refractivity contribution in [1.29, 1.82) is 0 Å². The molecule has 1 saturated heterocycles. The number of pyridine rings is 1. The van der Waals surface area contributed by atoms with Crippen molar-refractivity contribution in [2.45, 2.75) is 19.4 Å². The highest BCUT2D eigenvalue weighted by Gasteiger charge is 2.30. The van der Waals surface area contributed by atoms with Crippen LogP contribution in [-0.4, -0.2) is 72.8 Å². The predicted octanol–water partition coefficient (Wildman–Crippen LogP) is 3.02. The van der Waals surface area contributed by atoms with Crippen LogP contribution in [0, 0.1) is 5.92 Å². The van der Waals surface area contributed by atoms with E-state index >= 15 is 0 Å². The van der Waals surface area contributed by atoms with Gasteiger partial charge in [0.1, 0.15) is 12.4 Å². The number of hydrogen-bond acceptors (Lipinski definition) is 6. The molecule has 1 fully saturated rings. The molecule has 3 N–H and O–H groups in total. The number of nitrogens with zero attached hydrogens (tertiary/aromatic N) is 4. The standard InChI is InChI=1S/C30H34N6O3/c1-34-12-9-20(10-13-34)17-33-29(38)24-5-3-4-21(14-24)18-36-19-28(37)35(2)26-15-22(6-7-25(26)30(36)39)23-8-11-32-27(31)16-23/h3-8,11,14-16,20H,9-10,12-13,17-19H2,1-2H3,(H2,31,32)(H,33,38). The van der Waals surface area contributed by atoms with Gasteiger partial charge in [-0.2, -0.15) is 0 Å². The van der Waals surface area contributed by atoms with Crippen molar-refractivity contribution in [1.82, 2.24) is 20.1 Å². The van der Waals surface area contributed by atoms with Crippen molar-refractivity contribution in [2.75, 3.05) is 50.9 Å². The number of hydrogen-bond donors (Lipinski definition) is 2. The number of amides is 3. The molecule has 1 aromatic heterocycles. The number of likely N-dealkylation sites (tertiary alicyclic amines) is 1. The van der Waals surface area contributed by atoms with Gasteiger partial charge in [0.05, 0.1) is 11.3 Å². The third kappa shape index (κ3) is 5.93. The summed E-state index contributed by atoms with van der Waals surface area (Å²) in [5, 5.41) is 3.07. The van der Waals surface area contributed by atoms with E-state index in [2.05, 4.69) is 22.2 Å². The maximum Gasteiger partial charge on any atom is 0.256 e. The Morgan fingerprint density at radius 3 is 2.56 bits per heavy atom. The third-order valence-electron chi connectivity index (χ3n) is 7.64. The Balaban J connectivity index is 1.31. The third-order valence-corrected chi connectivity index (χ3v) is 7.64. The summed E-state index contributed by atoms with van der Waals surface area (Å²) in [5.41, 5.74) is 9.86. The molecule has 39 heavy (non-hydrogen) atoms. The first-order valence-corrected chi connectivity index (χ1v) is 13.3. The second kappa shape index (κ2) is 11.2. The molecule has 0 unspecified atom stereocenters. The van der Waals surface area contributed by atoms with Gasteiger partial charge in [-0.1, -0.05) is 18.2 Å². The lowest BCUT2D eigenvalue weighted by Crippen LogP contribution is -2.37. The van der Waals surface area contributed by atoms with Gasteiger partial charge in [0.25, 0.3) is 11.8 Å². The zero-order chi connectivity index (χ0) is 27.5. The van der Waals surface area contributed by atoms with Crippen LogP contribution in [0.3, 0.4) is 0 Å². The summed E-state index contributed by atoms with van der Waals surface area (Å²) in [5.74, 6) is 0.332. The van der Waals surface area contributed by atoms with Crippen LogP contribution in [0.25, 0.3) is 11.1 Å². The van der Waals surface area contributed by atoms with Gasteiger partial charge >= 0.3 is 0 Å². The summed E-state index contributed by atoms with van der Waals surface area (Å²) in [4.78, 5) is 48.9. The molecule has 2 aliphatic rings. The first-order valence-electron chi connectivity index (χ1n) is 13.3. The minimum absolute atomic E-state index is 0.0614. The van der Waals surface area contributed by atoms with Gasteiger partial charge in [0, 0.05) is 31.9 Å². The molecule has 0 bridgehead atoms. The van der Waals surface area contributed by atoms with Crippen molar-refractivity contribution in [3.63, 3.8) is 0 Å². The average molecular weight is 527 g/mol. The Hall–Kier alpha value is -4.24. The van der Waals surface area contributed by atoms with Crippen LogP contribution in [0.1, 0.15) is 39.1 Å². The highest BCUT2D eigenvalue weighted by Crippen LogP contribution is 2.31. The summed E-state index contributed by atoms with van der Waals surface area (Å²) in [6, 6.07) is 16.3. The summed E-state index contributed by atoms with van der Waals surface area (Å²) in [7, 11) is 3.80. The molecule has 0 aliphatic carbocycles. The molecule has 3 heterocycles. The van der Waals surface area contributed by atoms with E-state index in [0.29, 0.717) is 35.1 Å². The van der Waals surface area contributed by atoms with Crippen LogP contribution in [0.4, 0.5) is 11.5 Å². The molecule has 9 nitrogen and oxygen atoms in total. The smallest absolute Gasteiger partial charge is 0.256 e. The SMILES string of the molecule is CN1CCC(CNC(=O)c2cccc(CN3CC(=O)N(C)c4cc(-c5ccnc(N)c5)ccc4C3=O)c2)CC1. The van der Waals surface area contributed by atoms with Crippen LogP contribution in [-0.2, 0) is 11.3 Å². The monoisotopic (exact) mass is 526 g/mol. The number of fused-ring (bicyclic) bond motifs is 1. The largest absolute Gasteiger partial charge is 0.384 e. The fourth-order valence-electron chi connectivity index (χ4n) is 5.21. The number of likely N-dealkylation sites (N-methyl/N-ethyl adjacent to an activating group) is 1. The van der Waals surface area contributed by atoms with E-state index in [4.69, 9.17) is 5.73 Å². The molecule has 0 atom stereocenters. The highest BCUT2D eigenvalue weighted by atomic mass is 16.2. The maximum atomic E-state index is 13.6. The van der Waals surface area contributed by atoms with Gasteiger partial charge in [0.2, 0.25) is 5.91 Å². The van der Waals surface area contributed by atoms with E-state index in [-0.39, 0.29) is 30.8 Å². The number of rotatable bonds is 6. The van der Waals surface area contributed by atoms with Crippen LogP contribution >= 0.6 is 0 Å². The van der Waals surface area contributed by atoms with Crippen LogP contribution in [0.2, 0.25) is 0 Å². The molecule has 202 valence electrons. The number of nitrogens with two attached hydrogens (primary N) is 1. The Morgan fingerprint density at radius 1 is 1.03 bits per heavy atom. The van der Waals surface area contributed by atoms with E-state index in [1.54, 1.807) is 37.5 Å². The van der Waals surface area contributed by atoms with E-state index in [1.807, 2.05) is 30.3 Å². The average Bonchev–Trinajstić information content (AvgIpc) is 3.03. The first-order chi connectivity index (χ1) is 18.8. The zero-order valence-electron chi connectivity index (χ0n) is 22.4. The second-order valence-corrected chi connectivity index (χ2v) is 10.5. The van der Waals surface area contributed by atoms with Crippen molar-refractivity contribution in [2.24, 2.45) is 5.92 Å². The molecule has 5 rings (SSSR count). The molecule has 0 radical (unpaired) electrons. The predicted molar refractivity (Wildman–Crippen MR) is 151 cm³/mol. The van der Waals surface area contributed by atoms with Gasteiger partial charge in [-0.25, -0.2) is 4.98 Å². The summed E-state index contributed by atoms with van der Waals surface area (Å²) in [6.45, 7) is 2.92. The molecular formula is C30H34N6O3. The molecular weight excluding hydrogens is 492 g/mol. The van der Waals surface area contributed by atoms with E-state index in [0.717, 1.165) is 42.6 Å². The number of nitrogen functional groups attached to an aromatic ring is 1. The number of nitrogens with one attached hydrogen (secondary N) is 1. The molecule has 0 spiro atoms. The van der Waals surface area contributed by atoms with Gasteiger partial charge in [0.15, 0.2) is 0 Å². The summed E-state index contributed by atoms with van der Waals surface area (Å²) in [6.07, 6.45) is 3.78. The minimum Gasteiger partial charge on any atom is -0.384 e. The Morgan fingerprint density at radius 2 is 1.79 bits per heavy atom. The lowest BCUT2D eigenvalue weighted by Gasteiger charge is -2.28. The molecule has 0 saturated carbocycles. The molecule has 3 aromatic rings. The Bertz CT molecular complexity index is 1400. The minimum atomic E-state index is -0.236. The fraction of sp³-hybridized carbons (Fsp3) is 0.333. The van der Waals surface area contributed by atoms with Gasteiger partial charge < -0.3 is 25.8 Å². The normalized spacial score (nSPS) is 16.7. The summed E-state index contributed by atoms with van der Waals surface area (Å²) < 4.78 is 0. The van der Waals surface area contributed by atoms with Crippen LogP contribution < -0.4 is 16.0 Å². The van der Waals surface area contributed by atoms with E-state index in [9.17, 15) is 14.4 Å². The maximum absolute atomic E-state index is 13.6. The van der Waals surface area contributed by atoms with Gasteiger partial charge in [-0.3, -0.25) is 14.4 Å². The number of piperidine rings is 1. The lowest BCUT2D eigenvalue weighted by molar-refractivity contribution is -0.118. The molecule has 3 amide bonds. The topological polar surface area (TPSA) is 112 Å². The number of benzene rings is 2. The van der Waals surface area contributed by atoms with Crippen molar-refractivity contribution in [3.8, 4) is 11.1 Å². The van der Waals surface area contributed by atoms with E-state index in [1.165, 1.54) is 9.80 Å². The van der Waals surface area contributed by atoms with Gasteiger partial charge in [-0.05, 0) is 92.0 Å². The highest BCUT2D eigenvalue weighted by molar-refractivity contribution is 6.10. The van der Waals surface area contributed by atoms with Gasteiger partial charge in [-0.15, -0.1) is 0 Å². The number of anilines is 2. The van der Waals surface area contributed by atoms with Crippen LogP contribution in [0.15, 0.2) is 60.8 Å².